The minimum absolute atomic E-state index is 0.0965. The lowest BCUT2D eigenvalue weighted by Crippen LogP contribution is -2.24. The van der Waals surface area contributed by atoms with Gasteiger partial charge in [0.2, 0.25) is 0 Å². The lowest BCUT2D eigenvalue weighted by Gasteiger charge is -2.30. The van der Waals surface area contributed by atoms with E-state index in [2.05, 4.69) is 55.6 Å². The van der Waals surface area contributed by atoms with Crippen LogP contribution in [0, 0.1) is 13.8 Å². The average Bonchev–Trinajstić information content (AvgIpc) is 2.44. The molecule has 2 heteroatoms. The molecule has 0 fully saturated rings. The van der Waals surface area contributed by atoms with Crippen molar-refractivity contribution in [3.05, 3.63) is 59.2 Å². The molecule has 0 radical (unpaired) electrons. The zero-order valence-electron chi connectivity index (χ0n) is 10.7. The van der Waals surface area contributed by atoms with E-state index >= 15 is 0 Å². The first-order chi connectivity index (χ1) is 8.75. The van der Waals surface area contributed by atoms with Crippen LogP contribution in [0.5, 0.6) is 5.75 Å². The van der Waals surface area contributed by atoms with Crippen molar-refractivity contribution in [1.82, 2.24) is 0 Å². The molecule has 3 rings (SSSR count). The van der Waals surface area contributed by atoms with Gasteiger partial charge >= 0.3 is 0 Å². The van der Waals surface area contributed by atoms with Gasteiger partial charge in [0.05, 0.1) is 12.2 Å². The molecule has 92 valence electrons. The van der Waals surface area contributed by atoms with Gasteiger partial charge in [0, 0.05) is 0 Å². The Morgan fingerprint density at radius 2 is 1.72 bits per heavy atom. The Balaban J connectivity index is 1.96. The molecule has 1 N–H and O–H groups in total. The molecule has 2 aromatic rings. The number of nitrogens with one attached hydrogen (secondary N) is 1. The van der Waals surface area contributed by atoms with Gasteiger partial charge in [-0.3, -0.25) is 0 Å². The summed E-state index contributed by atoms with van der Waals surface area (Å²) in [5, 5.41) is 3.50. The normalized spacial score (nSPS) is 17.6. The predicted molar refractivity (Wildman–Crippen MR) is 74.2 cm³/mol. The zero-order valence-corrected chi connectivity index (χ0v) is 10.7. The second-order valence-corrected chi connectivity index (χ2v) is 4.80. The van der Waals surface area contributed by atoms with E-state index in [0.717, 1.165) is 18.0 Å². The standard InChI is InChI=1S/C16H17NO/c1-11-8-9-12(2)16-15(11)17-10-14(18-16)13-6-4-3-5-7-13/h3-9,14,17H,10H2,1-2H3. The number of ether oxygens (including phenoxy) is 1. The van der Waals surface area contributed by atoms with E-state index in [1.54, 1.807) is 0 Å². The second kappa shape index (κ2) is 4.37. The maximum atomic E-state index is 6.17. The van der Waals surface area contributed by atoms with Crippen molar-refractivity contribution >= 4 is 5.69 Å². The van der Waals surface area contributed by atoms with Crippen LogP contribution in [0.1, 0.15) is 22.8 Å². The summed E-state index contributed by atoms with van der Waals surface area (Å²) >= 11 is 0. The number of hydrogen-bond acceptors (Lipinski definition) is 2. The summed E-state index contributed by atoms with van der Waals surface area (Å²) in [7, 11) is 0. The smallest absolute Gasteiger partial charge is 0.146 e. The summed E-state index contributed by atoms with van der Waals surface area (Å²) in [6.45, 7) is 5.02. The van der Waals surface area contributed by atoms with Crippen LogP contribution in [0.3, 0.4) is 0 Å². The molecule has 0 saturated carbocycles. The molecule has 1 atom stereocenters. The van der Waals surface area contributed by atoms with Crippen molar-refractivity contribution in [3.8, 4) is 5.75 Å². The molecule has 0 aromatic heterocycles. The van der Waals surface area contributed by atoms with Gasteiger partial charge < -0.3 is 10.1 Å². The molecule has 2 aromatic carbocycles. The lowest BCUT2D eigenvalue weighted by atomic mass is 10.0. The van der Waals surface area contributed by atoms with Crippen LogP contribution in [0.2, 0.25) is 0 Å². The van der Waals surface area contributed by atoms with E-state index in [1.165, 1.54) is 16.7 Å². The van der Waals surface area contributed by atoms with Crippen LogP contribution in [0.4, 0.5) is 5.69 Å². The van der Waals surface area contributed by atoms with Crippen molar-refractivity contribution in [3.63, 3.8) is 0 Å². The molecule has 2 nitrogen and oxygen atoms in total. The third-order valence-electron chi connectivity index (χ3n) is 3.46. The van der Waals surface area contributed by atoms with Gasteiger partial charge in [0.15, 0.2) is 0 Å². The third kappa shape index (κ3) is 1.84. The number of rotatable bonds is 1. The molecule has 0 aliphatic carbocycles. The first-order valence-electron chi connectivity index (χ1n) is 6.31. The Kier molecular flexibility index (Phi) is 2.71. The Labute approximate surface area is 108 Å². The summed E-state index contributed by atoms with van der Waals surface area (Å²) in [4.78, 5) is 0. The molecule has 0 bridgehead atoms. The number of hydrogen-bond donors (Lipinski definition) is 1. The zero-order chi connectivity index (χ0) is 12.5. The molecule has 0 amide bonds. The second-order valence-electron chi connectivity index (χ2n) is 4.80. The molecule has 1 aliphatic rings. The van der Waals surface area contributed by atoms with E-state index in [-0.39, 0.29) is 6.10 Å². The molecular weight excluding hydrogens is 222 g/mol. The van der Waals surface area contributed by atoms with Crippen LogP contribution >= 0.6 is 0 Å². The van der Waals surface area contributed by atoms with Gasteiger partial charge in [-0.05, 0) is 30.5 Å². The van der Waals surface area contributed by atoms with Gasteiger partial charge in [-0.25, -0.2) is 0 Å². The van der Waals surface area contributed by atoms with E-state index in [0.29, 0.717) is 0 Å². The predicted octanol–water partition coefficient (Wildman–Crippen LogP) is 3.85. The lowest BCUT2D eigenvalue weighted by molar-refractivity contribution is 0.209. The summed E-state index contributed by atoms with van der Waals surface area (Å²) in [5.41, 5.74) is 4.78. The van der Waals surface area contributed by atoms with Crippen molar-refractivity contribution in [2.24, 2.45) is 0 Å². The number of aryl methyl sites for hydroxylation is 2. The minimum Gasteiger partial charge on any atom is -0.481 e. The Morgan fingerprint density at radius 1 is 1.00 bits per heavy atom. The first-order valence-corrected chi connectivity index (χ1v) is 6.31. The fourth-order valence-electron chi connectivity index (χ4n) is 2.39. The highest BCUT2D eigenvalue weighted by atomic mass is 16.5. The van der Waals surface area contributed by atoms with Crippen molar-refractivity contribution in [2.75, 3.05) is 11.9 Å². The maximum Gasteiger partial charge on any atom is 0.146 e. The van der Waals surface area contributed by atoms with Gasteiger partial charge in [0.1, 0.15) is 11.9 Å². The van der Waals surface area contributed by atoms with E-state index < -0.39 is 0 Å². The minimum atomic E-state index is 0.0965. The molecule has 1 heterocycles. The van der Waals surface area contributed by atoms with Crippen LogP contribution < -0.4 is 10.1 Å². The van der Waals surface area contributed by atoms with Crippen molar-refractivity contribution in [2.45, 2.75) is 20.0 Å². The van der Waals surface area contributed by atoms with Crippen LogP contribution in [0.25, 0.3) is 0 Å². The molecule has 1 aliphatic heterocycles. The van der Waals surface area contributed by atoms with Crippen molar-refractivity contribution < 1.29 is 4.74 Å². The summed E-state index contributed by atoms with van der Waals surface area (Å²) in [6.07, 6.45) is 0.0965. The van der Waals surface area contributed by atoms with Crippen LogP contribution in [-0.2, 0) is 0 Å². The molecular formula is C16H17NO. The monoisotopic (exact) mass is 239 g/mol. The highest BCUT2D eigenvalue weighted by Gasteiger charge is 2.23. The van der Waals surface area contributed by atoms with Gasteiger partial charge in [-0.15, -0.1) is 0 Å². The molecule has 1 unspecified atom stereocenters. The topological polar surface area (TPSA) is 21.3 Å². The first kappa shape index (κ1) is 11.1. The fourth-order valence-corrected chi connectivity index (χ4v) is 2.39. The van der Waals surface area contributed by atoms with E-state index in [9.17, 15) is 0 Å². The van der Waals surface area contributed by atoms with Crippen molar-refractivity contribution in [1.29, 1.82) is 0 Å². The van der Waals surface area contributed by atoms with Gasteiger partial charge in [-0.1, -0.05) is 42.5 Å². The Bertz CT molecular complexity index is 563. The quantitative estimate of drug-likeness (QED) is 0.816. The van der Waals surface area contributed by atoms with E-state index in [1.807, 2.05) is 6.07 Å². The van der Waals surface area contributed by atoms with Crippen LogP contribution in [-0.4, -0.2) is 6.54 Å². The SMILES string of the molecule is Cc1ccc(C)c2c1NCC(c1ccccc1)O2. The molecule has 0 spiro atoms. The van der Waals surface area contributed by atoms with E-state index in [4.69, 9.17) is 4.74 Å². The number of benzene rings is 2. The largest absolute Gasteiger partial charge is 0.481 e. The Morgan fingerprint density at radius 3 is 2.50 bits per heavy atom. The maximum absolute atomic E-state index is 6.17. The average molecular weight is 239 g/mol. The number of fused-ring (bicyclic) bond motifs is 1. The third-order valence-corrected chi connectivity index (χ3v) is 3.46. The highest BCUT2D eigenvalue weighted by molar-refractivity contribution is 5.66. The molecule has 18 heavy (non-hydrogen) atoms. The van der Waals surface area contributed by atoms with Gasteiger partial charge in [-0.2, -0.15) is 0 Å². The number of anilines is 1. The summed E-state index contributed by atoms with van der Waals surface area (Å²) in [6, 6.07) is 14.6. The van der Waals surface area contributed by atoms with Crippen LogP contribution in [0.15, 0.2) is 42.5 Å². The summed E-state index contributed by atoms with van der Waals surface area (Å²) in [5.74, 6) is 0.995. The fraction of sp³-hybridized carbons (Fsp3) is 0.250. The Hall–Kier alpha value is -1.96. The highest BCUT2D eigenvalue weighted by Crippen LogP contribution is 2.38. The van der Waals surface area contributed by atoms with Gasteiger partial charge in [0.25, 0.3) is 0 Å². The molecule has 0 saturated heterocycles. The summed E-state index contributed by atoms with van der Waals surface area (Å²) < 4.78 is 6.17.